The van der Waals surface area contributed by atoms with E-state index < -0.39 is 0 Å². The first-order valence-electron chi connectivity index (χ1n) is 9.87. The van der Waals surface area contributed by atoms with Crippen LogP contribution >= 0.6 is 23.2 Å². The van der Waals surface area contributed by atoms with E-state index in [2.05, 4.69) is 11.5 Å². The van der Waals surface area contributed by atoms with Crippen molar-refractivity contribution in [1.29, 1.82) is 0 Å². The largest absolute Gasteiger partial charge is 0.494 e. The minimum atomic E-state index is -0.0177. The topological polar surface area (TPSA) is 58.0 Å². The van der Waals surface area contributed by atoms with Gasteiger partial charge in [0.2, 0.25) is 11.8 Å². The van der Waals surface area contributed by atoms with Gasteiger partial charge in [-0.25, -0.2) is 0 Å². The average Bonchev–Trinajstić information content (AvgIpc) is 3.13. The maximum Gasteiger partial charge on any atom is 0.246 e. The van der Waals surface area contributed by atoms with Crippen molar-refractivity contribution in [3.05, 3.63) is 41.0 Å². The predicted octanol–water partition coefficient (Wildman–Crippen LogP) is 2.50. The Balaban J connectivity index is 1.37. The van der Waals surface area contributed by atoms with Gasteiger partial charge >= 0.3 is 0 Å². The Labute approximate surface area is 185 Å². The summed E-state index contributed by atoms with van der Waals surface area (Å²) in [5, 5.41) is 1.64. The summed E-state index contributed by atoms with van der Waals surface area (Å²) in [5.74, 6) is 0.624. The molecule has 2 aliphatic rings. The fourth-order valence-corrected chi connectivity index (χ4v) is 4.57. The molecule has 0 bridgehead atoms. The number of halogens is 2. The Morgan fingerprint density at radius 1 is 1.20 bits per heavy atom. The Hall–Kier alpha value is -2.22. The quantitative estimate of drug-likeness (QED) is 0.656. The number of likely N-dealkylation sites (tertiary alicyclic amines) is 1. The molecule has 0 unspecified atom stereocenters. The molecular formula is C21H24Cl2N4O3. The lowest BCUT2D eigenvalue weighted by Gasteiger charge is -2.47. The lowest BCUT2D eigenvalue weighted by atomic mass is 10.1. The molecule has 160 valence electrons. The lowest BCUT2D eigenvalue weighted by molar-refractivity contribution is -0.136. The number of fused-ring (bicyclic) bond motifs is 1. The van der Waals surface area contributed by atoms with Crippen molar-refractivity contribution in [2.45, 2.75) is 12.6 Å². The molecule has 2 aromatic rings. The third-order valence-electron chi connectivity index (χ3n) is 5.96. The highest BCUT2D eigenvalue weighted by Crippen LogP contribution is 2.38. The van der Waals surface area contributed by atoms with Gasteiger partial charge in [-0.05, 0) is 12.1 Å². The Kier molecular flexibility index (Phi) is 5.95. The van der Waals surface area contributed by atoms with Gasteiger partial charge in [-0.1, -0.05) is 29.8 Å². The van der Waals surface area contributed by atoms with Gasteiger partial charge < -0.3 is 19.1 Å². The van der Waals surface area contributed by atoms with Gasteiger partial charge in [-0.3, -0.25) is 14.5 Å². The number of piperazine rings is 1. The van der Waals surface area contributed by atoms with Crippen molar-refractivity contribution < 1.29 is 14.3 Å². The number of ether oxygens (including phenoxy) is 1. The number of rotatable bonds is 5. The summed E-state index contributed by atoms with van der Waals surface area (Å²) in [6, 6.07) is 3.89. The summed E-state index contributed by atoms with van der Waals surface area (Å²) >= 11 is 12.5. The van der Waals surface area contributed by atoms with Crippen LogP contribution in [0.15, 0.2) is 31.0 Å². The number of hydrogen-bond donors (Lipinski definition) is 0. The fourth-order valence-electron chi connectivity index (χ4n) is 4.16. The number of carbonyl (C=O) groups excluding carboxylic acids is 2. The van der Waals surface area contributed by atoms with Crippen molar-refractivity contribution in [2.75, 3.05) is 46.4 Å². The standard InChI is InChI=1S/C21H24Cl2N4O3/c1-3-18(28)27-11-14(12-27)24-6-8-25(9-7-24)19(29)13-26-5-4-15-20(23)16(22)10-17(30-2)21(15)26/h3-5,10,14H,1,6-9,11-13H2,2H3. The fraction of sp³-hybridized carbons (Fsp3) is 0.429. The molecule has 7 nitrogen and oxygen atoms in total. The second-order valence-corrected chi connectivity index (χ2v) is 8.38. The number of nitrogens with zero attached hydrogens (tertiary/aromatic N) is 4. The molecule has 0 aliphatic carbocycles. The van der Waals surface area contributed by atoms with Gasteiger partial charge in [0, 0.05) is 63.0 Å². The smallest absolute Gasteiger partial charge is 0.246 e. The summed E-state index contributed by atoms with van der Waals surface area (Å²) in [4.78, 5) is 30.6. The summed E-state index contributed by atoms with van der Waals surface area (Å²) in [7, 11) is 1.57. The van der Waals surface area contributed by atoms with E-state index in [0.29, 0.717) is 34.9 Å². The summed E-state index contributed by atoms with van der Waals surface area (Å²) < 4.78 is 7.31. The van der Waals surface area contributed by atoms with Crippen molar-refractivity contribution in [1.82, 2.24) is 19.3 Å². The van der Waals surface area contributed by atoms with Crippen LogP contribution in [0.25, 0.3) is 10.9 Å². The summed E-state index contributed by atoms with van der Waals surface area (Å²) in [6.07, 6.45) is 3.19. The Bertz CT molecular complexity index is 992. The second kappa shape index (κ2) is 8.49. The van der Waals surface area contributed by atoms with Crippen LogP contribution in [0.1, 0.15) is 0 Å². The van der Waals surface area contributed by atoms with E-state index in [1.54, 1.807) is 18.1 Å². The third-order valence-corrected chi connectivity index (χ3v) is 6.76. The lowest BCUT2D eigenvalue weighted by Crippen LogP contribution is -2.64. The summed E-state index contributed by atoms with van der Waals surface area (Å²) in [6.45, 7) is 8.17. The van der Waals surface area contributed by atoms with Gasteiger partial charge in [-0.2, -0.15) is 0 Å². The van der Waals surface area contributed by atoms with Crippen LogP contribution in [0.2, 0.25) is 10.0 Å². The number of methoxy groups -OCH3 is 1. The van der Waals surface area contributed by atoms with Gasteiger partial charge in [0.05, 0.1) is 22.7 Å². The normalized spacial score (nSPS) is 17.8. The number of hydrogen-bond acceptors (Lipinski definition) is 4. The molecule has 2 saturated heterocycles. The Morgan fingerprint density at radius 2 is 1.90 bits per heavy atom. The van der Waals surface area contributed by atoms with Crippen molar-refractivity contribution >= 4 is 45.9 Å². The molecule has 0 N–H and O–H groups in total. The molecule has 1 aromatic carbocycles. The number of benzene rings is 1. The number of carbonyl (C=O) groups is 2. The molecule has 0 saturated carbocycles. The molecule has 1 aromatic heterocycles. The maximum atomic E-state index is 12.9. The van der Waals surface area contributed by atoms with Crippen LogP contribution in [0.5, 0.6) is 5.75 Å². The molecule has 3 heterocycles. The van der Waals surface area contributed by atoms with Crippen molar-refractivity contribution in [3.63, 3.8) is 0 Å². The molecular weight excluding hydrogens is 427 g/mol. The van der Waals surface area contributed by atoms with E-state index in [0.717, 1.165) is 37.1 Å². The molecule has 0 spiro atoms. The molecule has 2 fully saturated rings. The van der Waals surface area contributed by atoms with Gasteiger partial charge in [0.15, 0.2) is 0 Å². The monoisotopic (exact) mass is 450 g/mol. The molecule has 0 atom stereocenters. The molecule has 2 aliphatic heterocycles. The highest BCUT2D eigenvalue weighted by Gasteiger charge is 2.35. The van der Waals surface area contributed by atoms with Crippen LogP contribution < -0.4 is 4.74 Å². The van der Waals surface area contributed by atoms with E-state index in [4.69, 9.17) is 27.9 Å². The number of amides is 2. The second-order valence-electron chi connectivity index (χ2n) is 7.60. The Morgan fingerprint density at radius 3 is 2.53 bits per heavy atom. The third kappa shape index (κ3) is 3.77. The predicted molar refractivity (Wildman–Crippen MR) is 117 cm³/mol. The van der Waals surface area contributed by atoms with Crippen LogP contribution in [-0.4, -0.2) is 83.5 Å². The van der Waals surface area contributed by atoms with Gasteiger partial charge in [0.1, 0.15) is 12.3 Å². The summed E-state index contributed by atoms with van der Waals surface area (Å²) in [5.41, 5.74) is 0.764. The van der Waals surface area contributed by atoms with E-state index in [9.17, 15) is 9.59 Å². The zero-order valence-corrected chi connectivity index (χ0v) is 18.3. The highest BCUT2D eigenvalue weighted by molar-refractivity contribution is 6.45. The van der Waals surface area contributed by atoms with Gasteiger partial charge in [0.25, 0.3) is 0 Å². The van der Waals surface area contributed by atoms with E-state index in [1.807, 2.05) is 21.7 Å². The van der Waals surface area contributed by atoms with E-state index in [1.165, 1.54) is 6.08 Å². The first-order valence-corrected chi connectivity index (χ1v) is 10.6. The molecule has 30 heavy (non-hydrogen) atoms. The van der Waals surface area contributed by atoms with Crippen LogP contribution in [0.3, 0.4) is 0 Å². The molecule has 2 amide bonds. The zero-order chi connectivity index (χ0) is 21.4. The molecule has 0 radical (unpaired) electrons. The van der Waals surface area contributed by atoms with Crippen molar-refractivity contribution in [2.24, 2.45) is 0 Å². The molecule has 4 rings (SSSR count). The van der Waals surface area contributed by atoms with E-state index in [-0.39, 0.29) is 18.4 Å². The minimum Gasteiger partial charge on any atom is -0.494 e. The van der Waals surface area contributed by atoms with Crippen LogP contribution in [0.4, 0.5) is 0 Å². The maximum absolute atomic E-state index is 12.9. The van der Waals surface area contributed by atoms with Crippen molar-refractivity contribution in [3.8, 4) is 5.75 Å². The SMILES string of the molecule is C=CC(=O)N1CC(N2CCN(C(=O)Cn3ccc4c(Cl)c(Cl)cc(OC)c43)CC2)C1. The minimum absolute atomic E-state index is 0.0177. The van der Waals surface area contributed by atoms with Crippen LogP contribution in [-0.2, 0) is 16.1 Å². The number of aromatic nitrogens is 1. The highest BCUT2D eigenvalue weighted by atomic mass is 35.5. The zero-order valence-electron chi connectivity index (χ0n) is 16.8. The van der Waals surface area contributed by atoms with Crippen LogP contribution in [0, 0.1) is 0 Å². The first kappa shape index (κ1) is 21.0. The molecule has 9 heteroatoms. The first-order chi connectivity index (χ1) is 14.4. The van der Waals surface area contributed by atoms with E-state index >= 15 is 0 Å². The van der Waals surface area contributed by atoms with Gasteiger partial charge in [-0.15, -0.1) is 0 Å². The average molecular weight is 451 g/mol.